The monoisotopic (exact) mass is 459 g/mol. The molecule has 1 aromatic carbocycles. The average Bonchev–Trinajstić information content (AvgIpc) is 3.22. The van der Waals surface area contributed by atoms with Crippen LogP contribution in [-0.4, -0.2) is 46.8 Å². The van der Waals surface area contributed by atoms with Crippen LogP contribution in [0.5, 0.6) is 23.5 Å². The lowest BCUT2D eigenvalue weighted by atomic mass is 10.0. The molecule has 2 unspecified atom stereocenters. The lowest BCUT2D eigenvalue weighted by molar-refractivity contribution is 0.166. The molecule has 2 N–H and O–H groups in total. The molecule has 2 aromatic rings. The van der Waals surface area contributed by atoms with Gasteiger partial charge in [0.1, 0.15) is 11.9 Å². The molecule has 1 aliphatic carbocycles. The number of aromatic nitrogens is 3. The zero-order valence-corrected chi connectivity index (χ0v) is 19.5. The normalized spacial score (nSPS) is 20.2. The van der Waals surface area contributed by atoms with Crippen molar-refractivity contribution < 1.29 is 18.6 Å². The predicted molar refractivity (Wildman–Crippen MR) is 124 cm³/mol. The number of ether oxygens (including phenoxy) is 3. The second-order valence-electron chi connectivity index (χ2n) is 8.72. The minimum Gasteiger partial charge on any atom is -0.494 e. The molecule has 0 spiro atoms. The molecule has 2 atom stereocenters. The maximum atomic E-state index is 14.1. The van der Waals surface area contributed by atoms with Crippen LogP contribution in [0.2, 0.25) is 0 Å². The molecular weight excluding hydrogens is 425 g/mol. The quantitative estimate of drug-likeness (QED) is 0.514. The molecule has 180 valence electrons. The molecule has 1 saturated carbocycles. The molecule has 9 heteroatoms. The second-order valence-corrected chi connectivity index (χ2v) is 8.72. The highest BCUT2D eigenvalue weighted by molar-refractivity contribution is 5.36. The molecule has 0 amide bonds. The van der Waals surface area contributed by atoms with Crippen LogP contribution in [0.3, 0.4) is 0 Å². The van der Waals surface area contributed by atoms with Gasteiger partial charge in [0.05, 0.1) is 7.11 Å². The number of nitrogens with one attached hydrogen (secondary N) is 2. The highest BCUT2D eigenvalue weighted by Crippen LogP contribution is 2.28. The van der Waals surface area contributed by atoms with Gasteiger partial charge in [-0.15, -0.1) is 4.98 Å². The fourth-order valence-electron chi connectivity index (χ4n) is 4.53. The van der Waals surface area contributed by atoms with E-state index in [-0.39, 0.29) is 35.7 Å². The van der Waals surface area contributed by atoms with Gasteiger partial charge in [-0.3, -0.25) is 0 Å². The van der Waals surface area contributed by atoms with Gasteiger partial charge in [-0.2, -0.15) is 9.97 Å². The molecule has 0 bridgehead atoms. The highest BCUT2D eigenvalue weighted by atomic mass is 19.1. The lowest BCUT2D eigenvalue weighted by Crippen LogP contribution is -2.40. The summed E-state index contributed by atoms with van der Waals surface area (Å²) in [6, 6.07) is 5.20. The number of hydrogen-bond acceptors (Lipinski definition) is 8. The van der Waals surface area contributed by atoms with Crippen LogP contribution in [0.25, 0.3) is 0 Å². The Hall–Kier alpha value is -2.68. The lowest BCUT2D eigenvalue weighted by Gasteiger charge is -2.24. The number of anilines is 1. The molecule has 2 fully saturated rings. The Morgan fingerprint density at radius 3 is 2.52 bits per heavy atom. The van der Waals surface area contributed by atoms with Crippen LogP contribution in [0.4, 0.5) is 10.3 Å². The van der Waals surface area contributed by atoms with E-state index in [0.717, 1.165) is 51.5 Å². The summed E-state index contributed by atoms with van der Waals surface area (Å²) in [5.74, 6) is 0.303. The number of methoxy groups -OCH3 is 1. The van der Waals surface area contributed by atoms with Crippen molar-refractivity contribution in [3.63, 3.8) is 0 Å². The summed E-state index contributed by atoms with van der Waals surface area (Å²) >= 11 is 0. The van der Waals surface area contributed by atoms with Crippen molar-refractivity contribution in [3.05, 3.63) is 24.0 Å². The van der Waals surface area contributed by atoms with Crippen molar-refractivity contribution in [2.75, 3.05) is 19.0 Å². The Bertz CT molecular complexity index is 902. The van der Waals surface area contributed by atoms with E-state index in [9.17, 15) is 4.39 Å². The largest absolute Gasteiger partial charge is 0.494 e. The molecule has 33 heavy (non-hydrogen) atoms. The fourth-order valence-corrected chi connectivity index (χ4v) is 4.53. The molecule has 1 saturated heterocycles. The van der Waals surface area contributed by atoms with Crippen LogP contribution in [-0.2, 0) is 0 Å². The molecule has 1 aliphatic heterocycles. The maximum Gasteiger partial charge on any atom is 0.330 e. The smallest absolute Gasteiger partial charge is 0.330 e. The number of hydrogen-bond donors (Lipinski definition) is 2. The third-order valence-electron chi connectivity index (χ3n) is 6.34. The van der Waals surface area contributed by atoms with Crippen LogP contribution in [0, 0.1) is 5.82 Å². The van der Waals surface area contributed by atoms with Gasteiger partial charge in [-0.05, 0) is 63.6 Å². The summed E-state index contributed by atoms with van der Waals surface area (Å²) in [6.07, 6.45) is 9.97. The summed E-state index contributed by atoms with van der Waals surface area (Å²) in [6.45, 7) is 3.16. The molecular formula is C24H34FN5O3. The molecule has 8 nitrogen and oxygen atoms in total. The van der Waals surface area contributed by atoms with E-state index < -0.39 is 5.82 Å². The van der Waals surface area contributed by atoms with Crippen molar-refractivity contribution >= 4 is 5.95 Å². The first-order valence-corrected chi connectivity index (χ1v) is 12.1. The Kier molecular flexibility index (Phi) is 8.15. The van der Waals surface area contributed by atoms with Crippen molar-refractivity contribution in [3.8, 4) is 23.5 Å². The Balaban J connectivity index is 1.56. The summed E-state index contributed by atoms with van der Waals surface area (Å²) in [5, 5.41) is 6.97. The van der Waals surface area contributed by atoms with Crippen LogP contribution < -0.4 is 24.8 Å². The average molecular weight is 460 g/mol. The van der Waals surface area contributed by atoms with Crippen molar-refractivity contribution in [1.29, 1.82) is 0 Å². The van der Waals surface area contributed by atoms with Crippen molar-refractivity contribution in [2.24, 2.45) is 0 Å². The summed E-state index contributed by atoms with van der Waals surface area (Å²) in [7, 11) is 1.42. The van der Waals surface area contributed by atoms with Crippen LogP contribution in [0.15, 0.2) is 18.2 Å². The second kappa shape index (κ2) is 11.4. The number of benzene rings is 1. The van der Waals surface area contributed by atoms with E-state index in [4.69, 9.17) is 14.2 Å². The Morgan fingerprint density at radius 2 is 1.85 bits per heavy atom. The van der Waals surface area contributed by atoms with Crippen molar-refractivity contribution in [2.45, 2.75) is 82.9 Å². The van der Waals surface area contributed by atoms with Gasteiger partial charge in [0.2, 0.25) is 5.95 Å². The fraction of sp³-hybridized carbons (Fsp3) is 0.625. The first-order chi connectivity index (χ1) is 16.1. The molecule has 1 aromatic heterocycles. The van der Waals surface area contributed by atoms with E-state index in [1.165, 1.54) is 32.1 Å². The van der Waals surface area contributed by atoms with E-state index in [1.807, 2.05) is 0 Å². The zero-order valence-electron chi connectivity index (χ0n) is 19.5. The van der Waals surface area contributed by atoms with Gasteiger partial charge in [-0.1, -0.05) is 19.8 Å². The summed E-state index contributed by atoms with van der Waals surface area (Å²) in [5.41, 5.74) is 0. The predicted octanol–water partition coefficient (Wildman–Crippen LogP) is 4.86. The van der Waals surface area contributed by atoms with Gasteiger partial charge in [0.15, 0.2) is 11.6 Å². The molecule has 2 heterocycles. The minimum atomic E-state index is -0.518. The molecule has 4 rings (SSSR count). The third kappa shape index (κ3) is 6.43. The van der Waals surface area contributed by atoms with E-state index in [0.29, 0.717) is 12.0 Å². The van der Waals surface area contributed by atoms with Gasteiger partial charge in [0.25, 0.3) is 0 Å². The maximum absolute atomic E-state index is 14.1. The van der Waals surface area contributed by atoms with Crippen molar-refractivity contribution in [1.82, 2.24) is 20.3 Å². The highest BCUT2D eigenvalue weighted by Gasteiger charge is 2.25. The first-order valence-electron chi connectivity index (χ1n) is 12.1. The van der Waals surface area contributed by atoms with Crippen LogP contribution in [0.1, 0.15) is 64.7 Å². The van der Waals surface area contributed by atoms with Gasteiger partial charge >= 0.3 is 12.0 Å². The summed E-state index contributed by atoms with van der Waals surface area (Å²) in [4.78, 5) is 13.4. The SMILES string of the molecule is CCC(Nc1nc(Oc2ccc(OC)c(F)c2)nc(OC2CCCCCC2)n1)C1CCCN1. The zero-order chi connectivity index (χ0) is 23.0. The molecule has 0 radical (unpaired) electrons. The van der Waals surface area contributed by atoms with E-state index >= 15 is 0 Å². The number of nitrogens with zero attached hydrogens (tertiary/aromatic N) is 3. The van der Waals surface area contributed by atoms with Gasteiger partial charge < -0.3 is 24.8 Å². The first kappa shape index (κ1) is 23.5. The minimum absolute atomic E-state index is 0.0647. The standard InChI is InChI=1S/C24H34FN5O3/c1-3-19(20-11-8-14-26-20)27-22-28-23(32-16-9-6-4-5-7-10-16)30-24(29-22)33-17-12-13-21(31-2)18(25)15-17/h12-13,15-16,19-20,26H,3-11,14H2,1-2H3,(H,27,28,29,30). The van der Waals surface area contributed by atoms with Gasteiger partial charge in [0, 0.05) is 18.2 Å². The van der Waals surface area contributed by atoms with E-state index in [1.54, 1.807) is 6.07 Å². The molecule has 2 aliphatic rings. The topological polar surface area (TPSA) is 90.4 Å². The Labute approximate surface area is 194 Å². The summed E-state index contributed by atoms with van der Waals surface area (Å²) < 4.78 is 31.1. The van der Waals surface area contributed by atoms with Crippen LogP contribution >= 0.6 is 0 Å². The Morgan fingerprint density at radius 1 is 1.06 bits per heavy atom. The third-order valence-corrected chi connectivity index (χ3v) is 6.34. The number of rotatable bonds is 9. The number of halogens is 1. The van der Waals surface area contributed by atoms with E-state index in [2.05, 4.69) is 32.5 Å². The van der Waals surface area contributed by atoms with Gasteiger partial charge in [-0.25, -0.2) is 4.39 Å².